The Bertz CT molecular complexity index is 485. The SMILES string of the molecule is CC(CNCc1cc(C#N)cs1)NC(=O)OC(C)(C)C. The lowest BCUT2D eigenvalue weighted by Crippen LogP contribution is -2.42. The molecule has 1 aromatic heterocycles. The predicted molar refractivity (Wildman–Crippen MR) is 79.6 cm³/mol. The van der Waals surface area contributed by atoms with Crippen LogP contribution in [0.3, 0.4) is 0 Å². The van der Waals surface area contributed by atoms with Gasteiger partial charge in [-0.1, -0.05) is 0 Å². The smallest absolute Gasteiger partial charge is 0.407 e. The van der Waals surface area contributed by atoms with E-state index in [2.05, 4.69) is 16.7 Å². The number of ether oxygens (including phenoxy) is 1. The first-order valence-corrected chi connectivity index (χ1v) is 7.36. The number of amides is 1. The van der Waals surface area contributed by atoms with E-state index >= 15 is 0 Å². The second kappa shape index (κ2) is 7.27. The van der Waals surface area contributed by atoms with E-state index in [0.717, 1.165) is 4.88 Å². The van der Waals surface area contributed by atoms with Gasteiger partial charge in [-0.05, 0) is 33.8 Å². The summed E-state index contributed by atoms with van der Waals surface area (Å²) in [4.78, 5) is 12.7. The third-order valence-electron chi connectivity index (χ3n) is 2.30. The number of hydrogen-bond donors (Lipinski definition) is 2. The van der Waals surface area contributed by atoms with E-state index < -0.39 is 11.7 Å². The molecule has 0 saturated carbocycles. The average molecular weight is 295 g/mol. The van der Waals surface area contributed by atoms with Crippen LogP contribution in [-0.4, -0.2) is 24.3 Å². The number of carbonyl (C=O) groups is 1. The van der Waals surface area contributed by atoms with Crippen LogP contribution in [0.5, 0.6) is 0 Å². The van der Waals surface area contributed by atoms with Crippen molar-refractivity contribution in [3.63, 3.8) is 0 Å². The highest BCUT2D eigenvalue weighted by Gasteiger charge is 2.17. The number of nitriles is 1. The largest absolute Gasteiger partial charge is 0.444 e. The van der Waals surface area contributed by atoms with Crippen LogP contribution >= 0.6 is 11.3 Å². The molecule has 1 amide bonds. The monoisotopic (exact) mass is 295 g/mol. The summed E-state index contributed by atoms with van der Waals surface area (Å²) in [6.07, 6.45) is -0.408. The first-order valence-electron chi connectivity index (χ1n) is 6.48. The highest BCUT2D eigenvalue weighted by molar-refractivity contribution is 7.10. The molecule has 110 valence electrons. The molecule has 0 aromatic carbocycles. The van der Waals surface area contributed by atoms with Crippen molar-refractivity contribution in [1.82, 2.24) is 10.6 Å². The van der Waals surface area contributed by atoms with Gasteiger partial charge in [0.25, 0.3) is 0 Å². The predicted octanol–water partition coefficient (Wildman–Crippen LogP) is 2.62. The molecule has 6 heteroatoms. The highest BCUT2D eigenvalue weighted by atomic mass is 32.1. The van der Waals surface area contributed by atoms with Gasteiger partial charge >= 0.3 is 6.09 Å². The van der Waals surface area contributed by atoms with Gasteiger partial charge in [0.15, 0.2) is 0 Å². The third kappa shape index (κ3) is 6.55. The summed E-state index contributed by atoms with van der Waals surface area (Å²) >= 11 is 1.55. The molecule has 1 atom stereocenters. The van der Waals surface area contributed by atoms with E-state index in [1.807, 2.05) is 39.1 Å². The van der Waals surface area contributed by atoms with Crippen LogP contribution in [0, 0.1) is 11.3 Å². The Labute approximate surface area is 123 Å². The summed E-state index contributed by atoms with van der Waals surface area (Å²) in [5, 5.41) is 16.6. The van der Waals surface area contributed by atoms with E-state index in [4.69, 9.17) is 10.00 Å². The third-order valence-corrected chi connectivity index (χ3v) is 3.23. The van der Waals surface area contributed by atoms with Crippen LogP contribution in [0.15, 0.2) is 11.4 Å². The zero-order valence-electron chi connectivity index (χ0n) is 12.3. The van der Waals surface area contributed by atoms with E-state index in [1.54, 1.807) is 11.3 Å². The minimum atomic E-state index is -0.484. The van der Waals surface area contributed by atoms with Crippen molar-refractivity contribution in [3.05, 3.63) is 21.9 Å². The summed E-state index contributed by atoms with van der Waals surface area (Å²) < 4.78 is 5.18. The molecule has 0 bridgehead atoms. The standard InChI is InChI=1S/C14H21N3O2S/c1-10(17-13(18)19-14(2,3)4)7-16-8-12-5-11(6-15)9-20-12/h5,9-10,16H,7-8H2,1-4H3,(H,17,18). The van der Waals surface area contributed by atoms with Crippen molar-refractivity contribution < 1.29 is 9.53 Å². The number of hydrogen-bond acceptors (Lipinski definition) is 5. The van der Waals surface area contributed by atoms with Crippen LogP contribution < -0.4 is 10.6 Å². The maximum absolute atomic E-state index is 11.5. The second-order valence-corrected chi connectivity index (χ2v) is 6.59. The normalized spacial score (nSPS) is 12.6. The quantitative estimate of drug-likeness (QED) is 0.875. The lowest BCUT2D eigenvalue weighted by Gasteiger charge is -2.22. The van der Waals surface area contributed by atoms with Gasteiger partial charge in [0.1, 0.15) is 11.7 Å². The van der Waals surface area contributed by atoms with Crippen molar-refractivity contribution in [3.8, 4) is 6.07 Å². The van der Waals surface area contributed by atoms with Crippen LogP contribution in [-0.2, 0) is 11.3 Å². The van der Waals surface area contributed by atoms with Gasteiger partial charge in [0.2, 0.25) is 0 Å². The van der Waals surface area contributed by atoms with Crippen molar-refractivity contribution in [2.75, 3.05) is 6.54 Å². The van der Waals surface area contributed by atoms with Gasteiger partial charge in [-0.3, -0.25) is 0 Å². The first kappa shape index (κ1) is 16.5. The van der Waals surface area contributed by atoms with E-state index in [0.29, 0.717) is 18.7 Å². The van der Waals surface area contributed by atoms with Gasteiger partial charge in [0, 0.05) is 29.4 Å². The Balaban J connectivity index is 2.25. The summed E-state index contributed by atoms with van der Waals surface area (Å²) in [5.41, 5.74) is 0.203. The van der Waals surface area contributed by atoms with E-state index in [-0.39, 0.29) is 6.04 Å². The molecule has 1 unspecified atom stereocenters. The van der Waals surface area contributed by atoms with Crippen LogP contribution in [0.2, 0.25) is 0 Å². The first-order chi connectivity index (χ1) is 9.30. The molecular weight excluding hydrogens is 274 g/mol. The molecule has 20 heavy (non-hydrogen) atoms. The Morgan fingerprint density at radius 3 is 2.80 bits per heavy atom. The molecule has 0 spiro atoms. The molecule has 0 aliphatic heterocycles. The van der Waals surface area contributed by atoms with Crippen LogP contribution in [0.4, 0.5) is 4.79 Å². The van der Waals surface area contributed by atoms with Crippen molar-refractivity contribution in [2.45, 2.75) is 45.9 Å². The fourth-order valence-electron chi connectivity index (χ4n) is 1.50. The zero-order valence-corrected chi connectivity index (χ0v) is 13.1. The molecular formula is C14H21N3O2S. The lowest BCUT2D eigenvalue weighted by atomic mass is 10.2. The van der Waals surface area contributed by atoms with Crippen LogP contribution in [0.1, 0.15) is 38.1 Å². The Hall–Kier alpha value is -1.58. The van der Waals surface area contributed by atoms with Gasteiger partial charge in [-0.25, -0.2) is 4.79 Å². The lowest BCUT2D eigenvalue weighted by molar-refractivity contribution is 0.0508. The minimum absolute atomic E-state index is 0.0275. The highest BCUT2D eigenvalue weighted by Crippen LogP contribution is 2.13. The van der Waals surface area contributed by atoms with Crippen molar-refractivity contribution in [1.29, 1.82) is 5.26 Å². The molecule has 1 aromatic rings. The Kier molecular flexibility index (Phi) is 5.99. The fraction of sp³-hybridized carbons (Fsp3) is 0.571. The molecule has 0 aliphatic rings. The number of carbonyl (C=O) groups excluding carboxylic acids is 1. The molecule has 1 heterocycles. The Morgan fingerprint density at radius 1 is 1.55 bits per heavy atom. The summed E-state index contributed by atoms with van der Waals surface area (Å²) in [7, 11) is 0. The zero-order chi connectivity index (χ0) is 15.2. The maximum atomic E-state index is 11.5. The van der Waals surface area contributed by atoms with Gasteiger partial charge < -0.3 is 15.4 Å². The van der Waals surface area contributed by atoms with Crippen molar-refractivity contribution >= 4 is 17.4 Å². The number of alkyl carbamates (subject to hydrolysis) is 1. The minimum Gasteiger partial charge on any atom is -0.444 e. The van der Waals surface area contributed by atoms with Crippen molar-refractivity contribution in [2.24, 2.45) is 0 Å². The Morgan fingerprint density at radius 2 is 2.25 bits per heavy atom. The molecule has 0 aliphatic carbocycles. The maximum Gasteiger partial charge on any atom is 0.407 e. The molecule has 0 fully saturated rings. The number of rotatable bonds is 5. The average Bonchev–Trinajstić information content (AvgIpc) is 2.74. The number of thiophene rings is 1. The van der Waals surface area contributed by atoms with Gasteiger partial charge in [0.05, 0.1) is 5.56 Å². The van der Waals surface area contributed by atoms with Gasteiger partial charge in [-0.2, -0.15) is 5.26 Å². The number of nitrogens with one attached hydrogen (secondary N) is 2. The molecule has 0 radical (unpaired) electrons. The second-order valence-electron chi connectivity index (χ2n) is 5.59. The summed E-state index contributed by atoms with van der Waals surface area (Å²) in [5.74, 6) is 0. The van der Waals surface area contributed by atoms with E-state index in [1.165, 1.54) is 0 Å². The number of nitrogens with zero attached hydrogens (tertiary/aromatic N) is 1. The summed E-state index contributed by atoms with van der Waals surface area (Å²) in [6, 6.07) is 3.94. The topological polar surface area (TPSA) is 74.2 Å². The van der Waals surface area contributed by atoms with Gasteiger partial charge in [-0.15, -0.1) is 11.3 Å². The molecule has 0 saturated heterocycles. The molecule has 1 rings (SSSR count). The summed E-state index contributed by atoms with van der Waals surface area (Å²) in [6.45, 7) is 8.73. The molecule has 2 N–H and O–H groups in total. The molecule has 5 nitrogen and oxygen atoms in total. The van der Waals surface area contributed by atoms with E-state index in [9.17, 15) is 4.79 Å². The van der Waals surface area contributed by atoms with Crippen LogP contribution in [0.25, 0.3) is 0 Å². The fourth-order valence-corrected chi connectivity index (χ4v) is 2.28.